The van der Waals surface area contributed by atoms with Gasteiger partial charge in [0.15, 0.2) is 0 Å². The average Bonchev–Trinajstić information content (AvgIpc) is 2.91. The van der Waals surface area contributed by atoms with Gasteiger partial charge in [0.05, 0.1) is 0 Å². The lowest BCUT2D eigenvalue weighted by molar-refractivity contribution is -0.119. The fourth-order valence-corrected chi connectivity index (χ4v) is 3.93. The van der Waals surface area contributed by atoms with Crippen LogP contribution in [0, 0.1) is 11.8 Å². The third-order valence-electron chi connectivity index (χ3n) is 4.93. The van der Waals surface area contributed by atoms with Crippen molar-refractivity contribution in [3.8, 4) is 0 Å². The Labute approximate surface area is 147 Å². The molecule has 2 aliphatic rings. The van der Waals surface area contributed by atoms with Crippen LogP contribution in [0.15, 0.2) is 22.7 Å². The molecule has 3 nitrogen and oxygen atoms in total. The minimum atomic E-state index is 0. The lowest BCUT2D eigenvalue weighted by Crippen LogP contribution is -2.35. The number of nitrogens with one attached hydrogen (secondary N) is 1. The molecule has 1 unspecified atom stereocenters. The molecule has 122 valence electrons. The summed E-state index contributed by atoms with van der Waals surface area (Å²) >= 11 is 3.51. The van der Waals surface area contributed by atoms with Crippen LogP contribution < -0.4 is 10.2 Å². The first-order valence-electron chi connectivity index (χ1n) is 7.94. The molecule has 0 spiro atoms. The van der Waals surface area contributed by atoms with Crippen molar-refractivity contribution >= 4 is 39.9 Å². The van der Waals surface area contributed by atoms with Crippen LogP contribution in [0.3, 0.4) is 0 Å². The molecule has 0 saturated carbocycles. The SMILES string of the molecule is CC(CC(=O)N1CCc2ccc(Br)cc21)C1CCNCC1.Cl. The van der Waals surface area contributed by atoms with Gasteiger partial charge < -0.3 is 10.2 Å². The second-order valence-corrected chi connectivity index (χ2v) is 7.25. The van der Waals surface area contributed by atoms with Crippen molar-refractivity contribution < 1.29 is 4.79 Å². The van der Waals surface area contributed by atoms with Crippen LogP contribution in [0.25, 0.3) is 0 Å². The molecular weight excluding hydrogens is 364 g/mol. The molecule has 0 aliphatic carbocycles. The van der Waals surface area contributed by atoms with Gasteiger partial charge >= 0.3 is 0 Å². The average molecular weight is 388 g/mol. The number of amides is 1. The van der Waals surface area contributed by atoms with Gasteiger partial charge in [-0.25, -0.2) is 0 Å². The van der Waals surface area contributed by atoms with Crippen molar-refractivity contribution in [2.24, 2.45) is 11.8 Å². The number of hydrogen-bond donors (Lipinski definition) is 1. The van der Waals surface area contributed by atoms with Crippen LogP contribution in [-0.4, -0.2) is 25.5 Å². The van der Waals surface area contributed by atoms with Crippen molar-refractivity contribution in [3.05, 3.63) is 28.2 Å². The predicted octanol–water partition coefficient (Wildman–Crippen LogP) is 3.79. The number of hydrogen-bond acceptors (Lipinski definition) is 2. The molecule has 2 heterocycles. The number of carbonyl (C=O) groups is 1. The van der Waals surface area contributed by atoms with Crippen LogP contribution in [0.2, 0.25) is 0 Å². The summed E-state index contributed by atoms with van der Waals surface area (Å²) in [5.74, 6) is 1.47. The van der Waals surface area contributed by atoms with Crippen LogP contribution in [0.1, 0.15) is 31.7 Å². The first kappa shape index (κ1) is 17.8. The van der Waals surface area contributed by atoms with E-state index in [1.54, 1.807) is 0 Å². The van der Waals surface area contributed by atoms with Gasteiger partial charge in [-0.2, -0.15) is 0 Å². The lowest BCUT2D eigenvalue weighted by Gasteiger charge is -2.29. The van der Waals surface area contributed by atoms with Gasteiger partial charge in [-0.15, -0.1) is 12.4 Å². The first-order chi connectivity index (χ1) is 10.1. The first-order valence-corrected chi connectivity index (χ1v) is 8.74. The van der Waals surface area contributed by atoms with E-state index in [0.717, 1.165) is 36.2 Å². The number of fused-ring (bicyclic) bond motifs is 1. The molecule has 22 heavy (non-hydrogen) atoms. The van der Waals surface area contributed by atoms with E-state index >= 15 is 0 Å². The smallest absolute Gasteiger partial charge is 0.227 e. The maximum absolute atomic E-state index is 12.7. The van der Waals surface area contributed by atoms with Gasteiger partial charge in [0, 0.05) is 23.1 Å². The fourth-order valence-electron chi connectivity index (χ4n) is 3.58. The summed E-state index contributed by atoms with van der Waals surface area (Å²) < 4.78 is 1.05. The fraction of sp³-hybridized carbons (Fsp3) is 0.588. The summed E-state index contributed by atoms with van der Waals surface area (Å²) in [6, 6.07) is 6.27. The molecule has 1 N–H and O–H groups in total. The molecular formula is C17H24BrClN2O. The van der Waals surface area contributed by atoms with Crippen molar-refractivity contribution in [3.63, 3.8) is 0 Å². The summed E-state index contributed by atoms with van der Waals surface area (Å²) in [4.78, 5) is 14.7. The number of benzene rings is 1. The van der Waals surface area contributed by atoms with E-state index in [4.69, 9.17) is 0 Å². The number of piperidine rings is 1. The highest BCUT2D eigenvalue weighted by atomic mass is 79.9. The maximum Gasteiger partial charge on any atom is 0.227 e. The van der Waals surface area contributed by atoms with E-state index in [0.29, 0.717) is 18.3 Å². The van der Waals surface area contributed by atoms with Gasteiger partial charge in [-0.1, -0.05) is 28.9 Å². The van der Waals surface area contributed by atoms with Gasteiger partial charge in [-0.3, -0.25) is 4.79 Å². The number of halogens is 2. The Kier molecular flexibility index (Phi) is 6.30. The number of anilines is 1. The third-order valence-corrected chi connectivity index (χ3v) is 5.42. The van der Waals surface area contributed by atoms with E-state index < -0.39 is 0 Å². The van der Waals surface area contributed by atoms with E-state index in [-0.39, 0.29) is 18.3 Å². The summed E-state index contributed by atoms with van der Waals surface area (Å²) in [5, 5.41) is 3.40. The molecule has 1 aromatic carbocycles. The Bertz CT molecular complexity index is 531. The molecule has 0 bridgehead atoms. The standard InChI is InChI=1S/C17H23BrN2O.ClH/c1-12(13-4-7-19-8-5-13)10-17(21)20-9-6-14-2-3-15(18)11-16(14)20;/h2-3,11-13,19H,4-10H2,1H3;1H. The Balaban J connectivity index is 0.00000176. The molecule has 3 rings (SSSR count). The van der Waals surface area contributed by atoms with Crippen LogP contribution >= 0.6 is 28.3 Å². The van der Waals surface area contributed by atoms with Crippen molar-refractivity contribution in [2.45, 2.75) is 32.6 Å². The van der Waals surface area contributed by atoms with E-state index in [1.165, 1.54) is 18.4 Å². The summed E-state index contributed by atoms with van der Waals surface area (Å²) in [6.45, 7) is 5.28. The highest BCUT2D eigenvalue weighted by molar-refractivity contribution is 9.10. The maximum atomic E-state index is 12.7. The topological polar surface area (TPSA) is 32.3 Å². The molecule has 0 aromatic heterocycles. The second-order valence-electron chi connectivity index (χ2n) is 6.34. The van der Waals surface area contributed by atoms with E-state index in [9.17, 15) is 4.79 Å². The van der Waals surface area contributed by atoms with Crippen LogP contribution in [-0.2, 0) is 11.2 Å². The van der Waals surface area contributed by atoms with Crippen molar-refractivity contribution in [2.75, 3.05) is 24.5 Å². The van der Waals surface area contributed by atoms with Crippen molar-refractivity contribution in [1.82, 2.24) is 5.32 Å². The Morgan fingerprint density at radius 1 is 1.41 bits per heavy atom. The number of carbonyl (C=O) groups excluding carboxylic acids is 1. The zero-order valence-electron chi connectivity index (χ0n) is 13.0. The Hall–Kier alpha value is -0.580. The van der Waals surface area contributed by atoms with Gasteiger partial charge in [-0.05, 0) is 61.9 Å². The van der Waals surface area contributed by atoms with Crippen molar-refractivity contribution in [1.29, 1.82) is 0 Å². The Morgan fingerprint density at radius 3 is 2.86 bits per heavy atom. The second kappa shape index (κ2) is 7.80. The third kappa shape index (κ3) is 3.84. The zero-order valence-corrected chi connectivity index (χ0v) is 15.4. The minimum Gasteiger partial charge on any atom is -0.317 e. The van der Waals surface area contributed by atoms with Gasteiger partial charge in [0.25, 0.3) is 0 Å². The van der Waals surface area contributed by atoms with Crippen LogP contribution in [0.5, 0.6) is 0 Å². The monoisotopic (exact) mass is 386 g/mol. The number of rotatable bonds is 3. The van der Waals surface area contributed by atoms with Gasteiger partial charge in [0.2, 0.25) is 5.91 Å². The molecule has 1 fully saturated rings. The summed E-state index contributed by atoms with van der Waals surface area (Å²) in [6.07, 6.45) is 4.07. The normalized spacial score (nSPS) is 19.5. The number of nitrogens with zero attached hydrogens (tertiary/aromatic N) is 1. The molecule has 1 saturated heterocycles. The quantitative estimate of drug-likeness (QED) is 0.856. The minimum absolute atomic E-state index is 0. The molecule has 1 aromatic rings. The largest absolute Gasteiger partial charge is 0.317 e. The summed E-state index contributed by atoms with van der Waals surface area (Å²) in [7, 11) is 0. The molecule has 1 atom stereocenters. The van der Waals surface area contributed by atoms with E-state index in [2.05, 4.69) is 46.4 Å². The summed E-state index contributed by atoms with van der Waals surface area (Å²) in [5.41, 5.74) is 2.40. The van der Waals surface area contributed by atoms with Gasteiger partial charge in [0.1, 0.15) is 0 Å². The Morgan fingerprint density at radius 2 is 2.14 bits per heavy atom. The predicted molar refractivity (Wildman–Crippen MR) is 96.8 cm³/mol. The molecule has 2 aliphatic heterocycles. The lowest BCUT2D eigenvalue weighted by atomic mass is 9.84. The molecule has 0 radical (unpaired) electrons. The van der Waals surface area contributed by atoms with Crippen LogP contribution in [0.4, 0.5) is 5.69 Å². The zero-order chi connectivity index (χ0) is 14.8. The van der Waals surface area contributed by atoms with E-state index in [1.807, 2.05) is 4.90 Å². The highest BCUT2D eigenvalue weighted by Crippen LogP contribution is 2.33. The molecule has 1 amide bonds. The highest BCUT2D eigenvalue weighted by Gasteiger charge is 2.28. The molecule has 5 heteroatoms.